The van der Waals surface area contributed by atoms with Gasteiger partial charge in [0.1, 0.15) is 0 Å². The smallest absolute Gasteiger partial charge is 0.0513 e. The maximum atomic E-state index is 8.72. The lowest BCUT2D eigenvalue weighted by atomic mass is 10.1. The lowest BCUT2D eigenvalue weighted by molar-refractivity contribution is 0.0590. The molecule has 0 amide bonds. The van der Waals surface area contributed by atoms with E-state index in [2.05, 4.69) is 13.8 Å². The van der Waals surface area contributed by atoms with Crippen molar-refractivity contribution in [2.24, 2.45) is 11.8 Å². The Bertz CT molecular complexity index is 93.8. The molecule has 2 unspecified atom stereocenters. The maximum absolute atomic E-state index is 8.72. The molecular formula is C10H22O2. The number of hydrogen-bond acceptors (Lipinski definition) is 2. The zero-order chi connectivity index (χ0) is 9.40. The number of aliphatic hydroxyl groups is 1. The molecule has 0 aromatic carbocycles. The molecule has 0 aliphatic rings. The molecule has 0 aliphatic carbocycles. The molecule has 0 spiro atoms. The van der Waals surface area contributed by atoms with E-state index in [1.807, 2.05) is 6.92 Å². The van der Waals surface area contributed by atoms with Crippen LogP contribution in [0.4, 0.5) is 0 Å². The summed E-state index contributed by atoms with van der Waals surface area (Å²) in [5, 5.41) is 8.72. The van der Waals surface area contributed by atoms with E-state index in [1.54, 1.807) is 0 Å². The van der Waals surface area contributed by atoms with Crippen LogP contribution in [0.25, 0.3) is 0 Å². The Morgan fingerprint density at radius 3 is 2.25 bits per heavy atom. The van der Waals surface area contributed by atoms with Crippen molar-refractivity contribution in [2.45, 2.75) is 33.6 Å². The average molecular weight is 174 g/mol. The molecule has 74 valence electrons. The third-order valence-electron chi connectivity index (χ3n) is 1.90. The Morgan fingerprint density at radius 2 is 1.75 bits per heavy atom. The second kappa shape index (κ2) is 7.56. The molecule has 0 radical (unpaired) electrons. The maximum Gasteiger partial charge on any atom is 0.0513 e. The number of aliphatic hydroxyl groups excluding tert-OH is 1. The van der Waals surface area contributed by atoms with Crippen LogP contribution in [0.2, 0.25) is 0 Å². The van der Waals surface area contributed by atoms with Crippen LogP contribution in [0.15, 0.2) is 0 Å². The van der Waals surface area contributed by atoms with Crippen molar-refractivity contribution in [1.29, 1.82) is 0 Å². The zero-order valence-corrected chi connectivity index (χ0v) is 8.55. The quantitative estimate of drug-likeness (QED) is 0.640. The number of hydrogen-bond donors (Lipinski definition) is 1. The summed E-state index contributed by atoms with van der Waals surface area (Å²) in [6.45, 7) is 8.12. The van der Waals surface area contributed by atoms with Crippen LogP contribution in [-0.4, -0.2) is 24.9 Å². The van der Waals surface area contributed by atoms with Crippen LogP contribution in [0.3, 0.4) is 0 Å². The van der Waals surface area contributed by atoms with Crippen molar-refractivity contribution in [3.05, 3.63) is 0 Å². The first-order chi connectivity index (χ1) is 5.70. The fourth-order valence-corrected chi connectivity index (χ4v) is 1.10. The van der Waals surface area contributed by atoms with Crippen molar-refractivity contribution in [1.82, 2.24) is 0 Å². The molecule has 0 fully saturated rings. The molecule has 0 bridgehead atoms. The summed E-state index contributed by atoms with van der Waals surface area (Å²) in [6, 6.07) is 0. The normalized spacial score (nSPS) is 16.0. The van der Waals surface area contributed by atoms with E-state index >= 15 is 0 Å². The molecule has 1 N–H and O–H groups in total. The van der Waals surface area contributed by atoms with Gasteiger partial charge in [0.25, 0.3) is 0 Å². The molecule has 0 rings (SSSR count). The molecule has 0 aliphatic heterocycles. The Morgan fingerprint density at radius 1 is 1.17 bits per heavy atom. The molecule has 12 heavy (non-hydrogen) atoms. The topological polar surface area (TPSA) is 29.5 Å². The van der Waals surface area contributed by atoms with Crippen LogP contribution in [0, 0.1) is 11.8 Å². The Balaban J connectivity index is 3.18. The van der Waals surface area contributed by atoms with Crippen LogP contribution < -0.4 is 0 Å². The lowest BCUT2D eigenvalue weighted by Gasteiger charge is -2.13. The monoisotopic (exact) mass is 174 g/mol. The van der Waals surface area contributed by atoms with Crippen molar-refractivity contribution in [3.8, 4) is 0 Å². The largest absolute Gasteiger partial charge is 0.396 e. The second-order valence-corrected chi connectivity index (χ2v) is 3.72. The number of ether oxygens (including phenoxy) is 1. The van der Waals surface area contributed by atoms with E-state index in [0.29, 0.717) is 12.5 Å². The third-order valence-corrected chi connectivity index (χ3v) is 1.90. The van der Waals surface area contributed by atoms with Crippen molar-refractivity contribution in [3.63, 3.8) is 0 Å². The molecule has 0 aromatic rings. The van der Waals surface area contributed by atoms with Gasteiger partial charge in [0.05, 0.1) is 6.61 Å². The minimum atomic E-state index is 0.224. The highest BCUT2D eigenvalue weighted by Gasteiger charge is 2.03. The summed E-state index contributed by atoms with van der Waals surface area (Å²) in [5.41, 5.74) is 0. The molecule has 2 atom stereocenters. The van der Waals surface area contributed by atoms with E-state index in [4.69, 9.17) is 9.84 Å². The van der Waals surface area contributed by atoms with Gasteiger partial charge in [-0.2, -0.15) is 0 Å². The Labute approximate surface area is 75.9 Å². The summed E-state index contributed by atoms with van der Waals surface area (Å²) < 4.78 is 5.44. The standard InChI is InChI=1S/C10H22O2/c1-4-5-9(2)7-12-8-10(3)6-11/h9-11H,4-8H2,1-3H3. The highest BCUT2D eigenvalue weighted by atomic mass is 16.5. The van der Waals surface area contributed by atoms with Gasteiger partial charge in [0.2, 0.25) is 0 Å². The molecular weight excluding hydrogens is 152 g/mol. The Hall–Kier alpha value is -0.0800. The van der Waals surface area contributed by atoms with Gasteiger partial charge >= 0.3 is 0 Å². The third kappa shape index (κ3) is 6.62. The highest BCUT2D eigenvalue weighted by molar-refractivity contribution is 4.51. The van der Waals surface area contributed by atoms with E-state index in [1.165, 1.54) is 12.8 Å². The van der Waals surface area contributed by atoms with Gasteiger partial charge < -0.3 is 9.84 Å². The van der Waals surface area contributed by atoms with Crippen LogP contribution in [0.5, 0.6) is 0 Å². The molecule has 0 saturated carbocycles. The van der Waals surface area contributed by atoms with Crippen molar-refractivity contribution < 1.29 is 9.84 Å². The molecule has 2 heteroatoms. The van der Waals surface area contributed by atoms with Crippen molar-refractivity contribution >= 4 is 0 Å². The fourth-order valence-electron chi connectivity index (χ4n) is 1.10. The second-order valence-electron chi connectivity index (χ2n) is 3.72. The highest BCUT2D eigenvalue weighted by Crippen LogP contribution is 2.05. The molecule has 0 aromatic heterocycles. The Kier molecular flexibility index (Phi) is 7.51. The van der Waals surface area contributed by atoms with E-state index in [-0.39, 0.29) is 12.5 Å². The fraction of sp³-hybridized carbons (Fsp3) is 1.00. The summed E-state index contributed by atoms with van der Waals surface area (Å²) in [7, 11) is 0. The van der Waals surface area contributed by atoms with Gasteiger partial charge in [0, 0.05) is 19.1 Å². The predicted molar refractivity (Wildman–Crippen MR) is 51.1 cm³/mol. The minimum absolute atomic E-state index is 0.224. The van der Waals surface area contributed by atoms with Gasteiger partial charge in [-0.25, -0.2) is 0 Å². The zero-order valence-electron chi connectivity index (χ0n) is 8.55. The molecule has 0 saturated heterocycles. The average Bonchev–Trinajstić information content (AvgIpc) is 2.04. The first-order valence-corrected chi connectivity index (χ1v) is 4.89. The summed E-state index contributed by atoms with van der Waals surface area (Å²) in [4.78, 5) is 0. The first kappa shape index (κ1) is 11.9. The minimum Gasteiger partial charge on any atom is -0.396 e. The van der Waals surface area contributed by atoms with Crippen LogP contribution in [0.1, 0.15) is 33.6 Å². The van der Waals surface area contributed by atoms with Gasteiger partial charge in [-0.05, 0) is 12.3 Å². The molecule has 2 nitrogen and oxygen atoms in total. The van der Waals surface area contributed by atoms with Crippen LogP contribution >= 0.6 is 0 Å². The first-order valence-electron chi connectivity index (χ1n) is 4.89. The van der Waals surface area contributed by atoms with E-state index in [9.17, 15) is 0 Å². The van der Waals surface area contributed by atoms with Gasteiger partial charge in [-0.15, -0.1) is 0 Å². The van der Waals surface area contributed by atoms with Crippen LogP contribution in [-0.2, 0) is 4.74 Å². The predicted octanol–water partition coefficient (Wildman–Crippen LogP) is 2.07. The molecule has 0 heterocycles. The lowest BCUT2D eigenvalue weighted by Crippen LogP contribution is -2.13. The number of rotatable bonds is 7. The summed E-state index contributed by atoms with van der Waals surface area (Å²) in [6.07, 6.45) is 2.45. The van der Waals surface area contributed by atoms with E-state index < -0.39 is 0 Å². The SMILES string of the molecule is CCCC(C)COCC(C)CO. The van der Waals surface area contributed by atoms with Crippen molar-refractivity contribution in [2.75, 3.05) is 19.8 Å². The van der Waals surface area contributed by atoms with Gasteiger partial charge in [-0.1, -0.05) is 27.2 Å². The summed E-state index contributed by atoms with van der Waals surface area (Å²) in [5.74, 6) is 0.930. The van der Waals surface area contributed by atoms with Gasteiger partial charge in [0.15, 0.2) is 0 Å². The van der Waals surface area contributed by atoms with E-state index in [0.717, 1.165) is 6.61 Å². The summed E-state index contributed by atoms with van der Waals surface area (Å²) >= 11 is 0. The van der Waals surface area contributed by atoms with Gasteiger partial charge in [-0.3, -0.25) is 0 Å².